The fourth-order valence-corrected chi connectivity index (χ4v) is 3.02. The summed E-state index contributed by atoms with van der Waals surface area (Å²) in [4.78, 5) is 35.4. The van der Waals surface area contributed by atoms with E-state index in [9.17, 15) is 19.5 Å². The predicted octanol–water partition coefficient (Wildman–Crippen LogP) is 1.45. The van der Waals surface area contributed by atoms with Crippen molar-refractivity contribution in [1.82, 2.24) is 5.32 Å². The highest BCUT2D eigenvalue weighted by atomic mass is 16.3. The van der Waals surface area contributed by atoms with E-state index in [-0.39, 0.29) is 34.4 Å². The lowest BCUT2D eigenvalue weighted by Crippen LogP contribution is -2.38. The number of phenols is 1. The number of anilines is 3. The standard InChI is InChI=1S/C17H19N3O4/c1-18-17(24)10-7-4-8-11(14(10)21)20-13-12(15(22)16(13)23)19-9-5-2-3-6-9/h4,7-9,19-21H,2-3,5-6H2,1H3,(H,18,24). The van der Waals surface area contributed by atoms with Gasteiger partial charge in [0.05, 0.1) is 11.3 Å². The maximum absolute atomic E-state index is 11.9. The third-order valence-electron chi connectivity index (χ3n) is 4.38. The molecular formula is C17H19N3O4. The van der Waals surface area contributed by atoms with E-state index >= 15 is 0 Å². The third kappa shape index (κ3) is 2.73. The van der Waals surface area contributed by atoms with E-state index in [1.54, 1.807) is 6.07 Å². The van der Waals surface area contributed by atoms with E-state index in [1.165, 1.54) is 19.2 Å². The van der Waals surface area contributed by atoms with Crippen LogP contribution in [0.1, 0.15) is 36.0 Å². The zero-order valence-electron chi connectivity index (χ0n) is 13.3. The average Bonchev–Trinajstić information content (AvgIpc) is 3.11. The van der Waals surface area contributed by atoms with Crippen LogP contribution in [0.4, 0.5) is 17.1 Å². The Morgan fingerprint density at radius 2 is 1.79 bits per heavy atom. The fraction of sp³-hybridized carbons (Fsp3) is 0.353. The van der Waals surface area contributed by atoms with E-state index in [0.717, 1.165) is 25.7 Å². The first-order valence-electron chi connectivity index (χ1n) is 7.94. The van der Waals surface area contributed by atoms with E-state index in [4.69, 9.17) is 0 Å². The number of para-hydroxylation sites is 1. The molecule has 0 unspecified atom stereocenters. The number of nitrogens with one attached hydrogen (secondary N) is 3. The molecule has 7 heteroatoms. The van der Waals surface area contributed by atoms with Gasteiger partial charge in [-0.25, -0.2) is 0 Å². The number of carbonyl (C=O) groups is 1. The number of amides is 1. The number of phenolic OH excluding ortho intramolecular Hbond substituents is 1. The van der Waals surface area contributed by atoms with Gasteiger partial charge in [0, 0.05) is 13.1 Å². The molecule has 3 rings (SSSR count). The summed E-state index contributed by atoms with van der Waals surface area (Å²) in [5.41, 5.74) is -0.483. The van der Waals surface area contributed by atoms with Gasteiger partial charge in [-0.1, -0.05) is 18.9 Å². The largest absolute Gasteiger partial charge is 0.505 e. The predicted molar refractivity (Wildman–Crippen MR) is 92.0 cm³/mol. The number of hydrogen-bond donors (Lipinski definition) is 4. The number of carbonyl (C=O) groups excluding carboxylic acids is 1. The van der Waals surface area contributed by atoms with Crippen LogP contribution in [0, 0.1) is 0 Å². The van der Waals surface area contributed by atoms with E-state index in [2.05, 4.69) is 16.0 Å². The molecule has 0 spiro atoms. The Hall–Kier alpha value is -2.83. The van der Waals surface area contributed by atoms with E-state index in [1.807, 2.05) is 0 Å². The molecular weight excluding hydrogens is 310 g/mol. The summed E-state index contributed by atoms with van der Waals surface area (Å²) in [7, 11) is 1.46. The van der Waals surface area contributed by atoms with Crippen LogP contribution in [-0.4, -0.2) is 24.1 Å². The molecule has 2 aromatic rings. The fourth-order valence-electron chi connectivity index (χ4n) is 3.02. The molecule has 2 aromatic carbocycles. The molecule has 7 nitrogen and oxygen atoms in total. The first-order valence-corrected chi connectivity index (χ1v) is 7.94. The van der Waals surface area contributed by atoms with Crippen LogP contribution in [-0.2, 0) is 0 Å². The van der Waals surface area contributed by atoms with Crippen molar-refractivity contribution >= 4 is 23.0 Å². The van der Waals surface area contributed by atoms with Crippen LogP contribution in [0.5, 0.6) is 5.75 Å². The molecule has 126 valence electrons. The van der Waals surface area contributed by atoms with Crippen molar-refractivity contribution in [3.63, 3.8) is 0 Å². The number of hydrogen-bond acceptors (Lipinski definition) is 6. The summed E-state index contributed by atoms with van der Waals surface area (Å²) < 4.78 is 0. The van der Waals surface area contributed by atoms with Crippen molar-refractivity contribution in [2.75, 3.05) is 17.7 Å². The van der Waals surface area contributed by atoms with Gasteiger partial charge in [0.2, 0.25) is 0 Å². The molecule has 1 fully saturated rings. The molecule has 0 saturated heterocycles. The van der Waals surface area contributed by atoms with Crippen LogP contribution >= 0.6 is 0 Å². The minimum atomic E-state index is -0.625. The minimum absolute atomic E-state index is 0.0894. The van der Waals surface area contributed by atoms with Gasteiger partial charge >= 0.3 is 0 Å². The van der Waals surface area contributed by atoms with Crippen LogP contribution in [0.3, 0.4) is 0 Å². The molecule has 0 bridgehead atoms. The zero-order chi connectivity index (χ0) is 17.3. The number of rotatable bonds is 5. The Morgan fingerprint density at radius 1 is 1.12 bits per heavy atom. The number of aromatic hydroxyl groups is 1. The van der Waals surface area contributed by atoms with Gasteiger partial charge in [-0.05, 0) is 25.0 Å². The van der Waals surface area contributed by atoms with E-state index < -0.39 is 16.8 Å². The van der Waals surface area contributed by atoms with Gasteiger partial charge in [0.15, 0.2) is 5.75 Å². The summed E-state index contributed by atoms with van der Waals surface area (Å²) in [5, 5.41) is 18.6. The first kappa shape index (κ1) is 16.0. The highest BCUT2D eigenvalue weighted by molar-refractivity contribution is 5.99. The first-order chi connectivity index (χ1) is 11.5. The van der Waals surface area contributed by atoms with Crippen molar-refractivity contribution in [1.29, 1.82) is 0 Å². The maximum Gasteiger partial charge on any atom is 0.254 e. The second-order valence-corrected chi connectivity index (χ2v) is 5.94. The highest BCUT2D eigenvalue weighted by Gasteiger charge is 2.26. The molecule has 0 aliphatic heterocycles. The van der Waals surface area contributed by atoms with Crippen molar-refractivity contribution in [2.24, 2.45) is 0 Å². The lowest BCUT2D eigenvalue weighted by Gasteiger charge is -2.19. The Balaban J connectivity index is 1.87. The van der Waals surface area contributed by atoms with Crippen molar-refractivity contribution < 1.29 is 9.90 Å². The van der Waals surface area contributed by atoms with Crippen LogP contribution in [0.2, 0.25) is 0 Å². The summed E-state index contributed by atoms with van der Waals surface area (Å²) >= 11 is 0. The molecule has 0 atom stereocenters. The topological polar surface area (TPSA) is 108 Å². The normalized spacial score (nSPS) is 14.7. The zero-order valence-corrected chi connectivity index (χ0v) is 13.3. The van der Waals surface area contributed by atoms with E-state index in [0.29, 0.717) is 0 Å². The summed E-state index contributed by atoms with van der Waals surface area (Å²) in [6.45, 7) is 0. The Morgan fingerprint density at radius 3 is 2.46 bits per heavy atom. The minimum Gasteiger partial charge on any atom is -0.505 e. The van der Waals surface area contributed by atoms with Crippen LogP contribution in [0.25, 0.3) is 0 Å². The Kier molecular flexibility index (Phi) is 4.24. The van der Waals surface area contributed by atoms with Gasteiger partial charge < -0.3 is 21.1 Å². The highest BCUT2D eigenvalue weighted by Crippen LogP contribution is 2.32. The summed E-state index contributed by atoms with van der Waals surface area (Å²) in [6, 6.07) is 4.79. The second-order valence-electron chi connectivity index (χ2n) is 5.94. The van der Waals surface area contributed by atoms with Gasteiger partial charge in [-0.3, -0.25) is 14.4 Å². The maximum atomic E-state index is 11.9. The molecule has 1 aliphatic carbocycles. The molecule has 1 aliphatic rings. The summed E-state index contributed by atoms with van der Waals surface area (Å²) in [5.74, 6) is -0.706. The molecule has 0 aromatic heterocycles. The number of benzene rings is 1. The van der Waals surface area contributed by atoms with Crippen LogP contribution in [0.15, 0.2) is 27.8 Å². The molecule has 0 heterocycles. The smallest absolute Gasteiger partial charge is 0.254 e. The summed E-state index contributed by atoms with van der Waals surface area (Å²) in [6.07, 6.45) is 4.14. The monoisotopic (exact) mass is 329 g/mol. The van der Waals surface area contributed by atoms with Crippen molar-refractivity contribution in [3.8, 4) is 5.75 Å². The Bertz CT molecular complexity index is 846. The molecule has 1 saturated carbocycles. The van der Waals surface area contributed by atoms with Gasteiger partial charge in [0.25, 0.3) is 16.8 Å². The van der Waals surface area contributed by atoms with Crippen molar-refractivity contribution in [3.05, 3.63) is 44.2 Å². The van der Waals surface area contributed by atoms with Crippen LogP contribution < -0.4 is 26.8 Å². The second kappa shape index (κ2) is 6.35. The third-order valence-corrected chi connectivity index (χ3v) is 4.38. The lowest BCUT2D eigenvalue weighted by atomic mass is 10.1. The molecule has 0 radical (unpaired) electrons. The molecule has 24 heavy (non-hydrogen) atoms. The van der Waals surface area contributed by atoms with Crippen molar-refractivity contribution in [2.45, 2.75) is 31.7 Å². The molecule has 1 amide bonds. The van der Waals surface area contributed by atoms with Gasteiger partial charge in [-0.2, -0.15) is 0 Å². The SMILES string of the molecule is CNC(=O)c1cccc(Nc2c(NC3CCCC3)c(=O)c2=O)c1O. The Labute approximate surface area is 138 Å². The van der Waals surface area contributed by atoms with Gasteiger partial charge in [0.1, 0.15) is 11.4 Å². The lowest BCUT2D eigenvalue weighted by molar-refractivity contribution is 0.0960. The quantitative estimate of drug-likeness (QED) is 0.488. The van der Waals surface area contributed by atoms with Gasteiger partial charge in [-0.15, -0.1) is 0 Å². The average molecular weight is 329 g/mol. The molecule has 4 N–H and O–H groups in total.